The highest BCUT2D eigenvalue weighted by molar-refractivity contribution is 6.91. The summed E-state index contributed by atoms with van der Waals surface area (Å²) < 4.78 is 11.2. The summed E-state index contributed by atoms with van der Waals surface area (Å²) in [6, 6.07) is 10.8. The number of benzene rings is 1. The van der Waals surface area contributed by atoms with Crippen LogP contribution in [0.5, 0.6) is 0 Å². The average molecular weight is 335 g/mol. The van der Waals surface area contributed by atoms with Crippen molar-refractivity contribution in [2.75, 3.05) is 6.61 Å². The van der Waals surface area contributed by atoms with E-state index < -0.39 is 16.4 Å². The molecule has 0 fully saturated rings. The van der Waals surface area contributed by atoms with Crippen LogP contribution in [0, 0.1) is 0 Å². The van der Waals surface area contributed by atoms with Crippen molar-refractivity contribution in [3.05, 3.63) is 55.0 Å². The zero-order valence-electron chi connectivity index (χ0n) is 14.8. The molecule has 0 heterocycles. The quantitative estimate of drug-likeness (QED) is 0.383. The topological polar surface area (TPSA) is 18.5 Å². The van der Waals surface area contributed by atoms with Gasteiger partial charge in [-0.3, -0.25) is 0 Å². The van der Waals surface area contributed by atoms with E-state index in [-0.39, 0.29) is 0 Å². The van der Waals surface area contributed by atoms with Gasteiger partial charge in [-0.2, -0.15) is 0 Å². The Balaban J connectivity index is 2.51. The molecule has 0 bridgehead atoms. The molecule has 0 amide bonds. The first kappa shape index (κ1) is 18.8. The van der Waals surface area contributed by atoms with E-state index in [1.54, 1.807) is 0 Å². The lowest BCUT2D eigenvalue weighted by atomic mass is 10.4. The van der Waals surface area contributed by atoms with E-state index in [4.69, 9.17) is 9.16 Å². The number of hydrogen-bond donors (Lipinski definition) is 0. The minimum Gasteiger partial charge on any atom is -0.520 e. The van der Waals surface area contributed by atoms with E-state index in [9.17, 15) is 0 Å². The van der Waals surface area contributed by atoms with Crippen LogP contribution in [0.3, 0.4) is 0 Å². The highest BCUT2D eigenvalue weighted by atomic mass is 28.4. The summed E-state index contributed by atoms with van der Waals surface area (Å²) in [6.45, 7) is 17.8. The predicted molar refractivity (Wildman–Crippen MR) is 102 cm³/mol. The fourth-order valence-corrected chi connectivity index (χ4v) is 5.08. The van der Waals surface area contributed by atoms with Crippen LogP contribution in [0.1, 0.15) is 6.92 Å². The van der Waals surface area contributed by atoms with Gasteiger partial charge in [0.15, 0.2) is 0 Å². The van der Waals surface area contributed by atoms with Gasteiger partial charge in [-0.1, -0.05) is 67.7 Å². The number of rotatable bonds is 8. The highest BCUT2D eigenvalue weighted by Crippen LogP contribution is 2.22. The Hall–Kier alpha value is -1.27. The Morgan fingerprint density at radius 1 is 1.14 bits per heavy atom. The normalized spacial score (nSPS) is 13.9. The van der Waals surface area contributed by atoms with Gasteiger partial charge in [-0.05, 0) is 31.8 Å². The second-order valence-electron chi connectivity index (χ2n) is 7.20. The van der Waals surface area contributed by atoms with Gasteiger partial charge in [0.05, 0.1) is 8.07 Å². The molecule has 4 heteroatoms. The summed E-state index contributed by atoms with van der Waals surface area (Å²) >= 11 is 0. The molecule has 22 heavy (non-hydrogen) atoms. The molecule has 2 nitrogen and oxygen atoms in total. The summed E-state index contributed by atoms with van der Waals surface area (Å²) in [5.41, 5.74) is 0.546. The molecule has 0 aliphatic heterocycles. The second kappa shape index (κ2) is 7.83. The predicted octanol–water partition coefficient (Wildman–Crippen LogP) is 4.89. The van der Waals surface area contributed by atoms with Crippen LogP contribution in [0.15, 0.2) is 55.0 Å². The van der Waals surface area contributed by atoms with Crippen molar-refractivity contribution in [1.29, 1.82) is 0 Å². The van der Waals surface area contributed by atoms with E-state index in [1.807, 2.05) is 0 Å². The first-order valence-corrected chi connectivity index (χ1v) is 14.3. The van der Waals surface area contributed by atoms with Gasteiger partial charge in [0.1, 0.15) is 6.61 Å². The second-order valence-corrected chi connectivity index (χ2v) is 16.6. The molecule has 0 aliphatic rings. The lowest BCUT2D eigenvalue weighted by Gasteiger charge is -2.28. The molecule has 1 unspecified atom stereocenters. The SMILES string of the molecule is C=C(OC/C=C\C(C)[Si](C)(C)c1ccccc1)O[Si](C)(C)C. The Labute approximate surface area is 138 Å². The first-order valence-electron chi connectivity index (χ1n) is 7.86. The number of allylic oxidation sites excluding steroid dienone is 1. The van der Waals surface area contributed by atoms with Gasteiger partial charge in [0.25, 0.3) is 5.95 Å². The van der Waals surface area contributed by atoms with E-state index in [0.717, 1.165) is 0 Å². The Kier molecular flexibility index (Phi) is 6.69. The molecule has 0 N–H and O–H groups in total. The van der Waals surface area contributed by atoms with Gasteiger partial charge < -0.3 is 9.16 Å². The van der Waals surface area contributed by atoms with Crippen molar-refractivity contribution in [3.8, 4) is 0 Å². The minimum atomic E-state index is -1.62. The van der Waals surface area contributed by atoms with Gasteiger partial charge in [0, 0.05) is 0 Å². The van der Waals surface area contributed by atoms with Crippen LogP contribution in [0.4, 0.5) is 0 Å². The smallest absolute Gasteiger partial charge is 0.257 e. The monoisotopic (exact) mass is 334 g/mol. The molecule has 0 spiro atoms. The minimum absolute atomic E-state index is 0.441. The first-order chi connectivity index (χ1) is 10.1. The maximum Gasteiger partial charge on any atom is 0.257 e. The standard InChI is InChI=1S/C18H30O2Si2/c1-16(22(6,7)18-13-9-8-10-14-18)12-11-15-19-17(2)20-21(3,4)5/h8-14,16H,2,15H2,1,3-7H3/b12-11-. The van der Waals surface area contributed by atoms with Crippen LogP contribution < -0.4 is 5.19 Å². The summed E-state index contributed by atoms with van der Waals surface area (Å²) in [7, 11) is -3.11. The highest BCUT2D eigenvalue weighted by Gasteiger charge is 2.28. The van der Waals surface area contributed by atoms with Gasteiger partial charge in [-0.25, -0.2) is 0 Å². The molecule has 1 rings (SSSR count). The molecule has 1 aromatic rings. The zero-order chi connectivity index (χ0) is 16.8. The maximum atomic E-state index is 5.68. The summed E-state index contributed by atoms with van der Waals surface area (Å²) in [5, 5.41) is 1.49. The Bertz CT molecular complexity index is 502. The third-order valence-electron chi connectivity index (χ3n) is 3.84. The summed E-state index contributed by atoms with van der Waals surface area (Å²) in [5.74, 6) is 0.441. The largest absolute Gasteiger partial charge is 0.520 e. The number of hydrogen-bond acceptors (Lipinski definition) is 2. The van der Waals surface area contributed by atoms with Gasteiger partial charge in [0.2, 0.25) is 8.32 Å². The third kappa shape index (κ3) is 6.24. The van der Waals surface area contributed by atoms with Crippen LogP contribution in [0.25, 0.3) is 0 Å². The number of ether oxygens (including phenoxy) is 1. The van der Waals surface area contributed by atoms with E-state index in [2.05, 4.69) is 88.7 Å². The van der Waals surface area contributed by atoms with Crippen LogP contribution in [-0.4, -0.2) is 23.0 Å². The average Bonchev–Trinajstić information content (AvgIpc) is 2.42. The molecule has 0 saturated carbocycles. The van der Waals surface area contributed by atoms with E-state index >= 15 is 0 Å². The van der Waals surface area contributed by atoms with Crippen molar-refractivity contribution in [1.82, 2.24) is 0 Å². The van der Waals surface area contributed by atoms with Crippen molar-refractivity contribution < 1.29 is 9.16 Å². The molecular weight excluding hydrogens is 304 g/mol. The molecule has 1 atom stereocenters. The molecule has 0 aromatic heterocycles. The van der Waals surface area contributed by atoms with E-state index in [1.165, 1.54) is 5.19 Å². The molecule has 0 aliphatic carbocycles. The fraction of sp³-hybridized carbons (Fsp3) is 0.444. The van der Waals surface area contributed by atoms with Crippen molar-refractivity contribution in [2.45, 2.75) is 45.2 Å². The maximum absolute atomic E-state index is 5.68. The van der Waals surface area contributed by atoms with Crippen LogP contribution in [0.2, 0.25) is 38.3 Å². The molecule has 0 radical (unpaired) electrons. The van der Waals surface area contributed by atoms with E-state index in [0.29, 0.717) is 18.1 Å². The van der Waals surface area contributed by atoms with Crippen molar-refractivity contribution >= 4 is 21.6 Å². The Morgan fingerprint density at radius 3 is 2.27 bits per heavy atom. The lowest BCUT2D eigenvalue weighted by Crippen LogP contribution is -2.44. The third-order valence-corrected chi connectivity index (χ3v) is 8.97. The van der Waals surface area contributed by atoms with Crippen LogP contribution in [-0.2, 0) is 9.16 Å². The molecule has 0 saturated heterocycles. The zero-order valence-corrected chi connectivity index (χ0v) is 16.8. The fourth-order valence-electron chi connectivity index (χ4n) is 2.14. The molecule has 1 aromatic carbocycles. The van der Waals surface area contributed by atoms with Gasteiger partial charge >= 0.3 is 0 Å². The van der Waals surface area contributed by atoms with Crippen molar-refractivity contribution in [2.24, 2.45) is 0 Å². The molecular formula is C18H30O2Si2. The van der Waals surface area contributed by atoms with Gasteiger partial charge in [-0.15, -0.1) is 0 Å². The summed E-state index contributed by atoms with van der Waals surface area (Å²) in [6.07, 6.45) is 4.35. The van der Waals surface area contributed by atoms with Crippen molar-refractivity contribution in [3.63, 3.8) is 0 Å². The molecule has 122 valence electrons. The van der Waals surface area contributed by atoms with Crippen LogP contribution >= 0.6 is 0 Å². The lowest BCUT2D eigenvalue weighted by molar-refractivity contribution is 0.125. The Morgan fingerprint density at radius 2 is 1.73 bits per heavy atom. The summed E-state index contributed by atoms with van der Waals surface area (Å²) in [4.78, 5) is 0.